The average molecular weight is 209 g/mol. The molecule has 0 aliphatic rings. The Kier molecular flexibility index (Phi) is 4.03. The minimum atomic E-state index is -0.497. The summed E-state index contributed by atoms with van der Waals surface area (Å²) >= 11 is 0. The minimum absolute atomic E-state index is 0.319. The Labute approximate surface area is 88.9 Å². The van der Waals surface area contributed by atoms with Crippen LogP contribution in [0.3, 0.4) is 0 Å². The molecule has 0 bridgehead atoms. The number of anilines is 1. The van der Waals surface area contributed by atoms with Crippen molar-refractivity contribution in [2.45, 2.75) is 20.8 Å². The summed E-state index contributed by atoms with van der Waals surface area (Å²) in [6, 6.07) is 0. The van der Waals surface area contributed by atoms with Crippen LogP contribution < -0.4 is 5.32 Å². The monoisotopic (exact) mass is 209 g/mol. The van der Waals surface area contributed by atoms with E-state index < -0.39 is 6.09 Å². The highest BCUT2D eigenvalue weighted by Crippen LogP contribution is 2.02. The number of carbonyl (C=O) groups is 1. The van der Waals surface area contributed by atoms with E-state index in [0.717, 1.165) is 5.69 Å². The average Bonchev–Trinajstić information content (AvgIpc) is 2.15. The molecule has 0 atom stereocenters. The Morgan fingerprint density at radius 2 is 2.27 bits per heavy atom. The molecule has 0 saturated carbocycles. The molecule has 1 rings (SSSR count). The van der Waals surface area contributed by atoms with Gasteiger partial charge in [0.1, 0.15) is 0 Å². The number of ether oxygens (including phenoxy) is 1. The van der Waals surface area contributed by atoms with Gasteiger partial charge in [0.2, 0.25) is 0 Å². The molecule has 5 heteroatoms. The van der Waals surface area contributed by atoms with E-state index in [9.17, 15) is 4.79 Å². The highest BCUT2D eigenvalue weighted by molar-refractivity contribution is 5.82. The van der Waals surface area contributed by atoms with Gasteiger partial charge < -0.3 is 4.74 Å². The smallest absolute Gasteiger partial charge is 0.412 e. The summed E-state index contributed by atoms with van der Waals surface area (Å²) in [5.41, 5.74) is 0.747. The maximum absolute atomic E-state index is 11.2. The lowest BCUT2D eigenvalue weighted by molar-refractivity contribution is 0.147. The zero-order valence-electron chi connectivity index (χ0n) is 9.15. The number of hydrogen-bond acceptors (Lipinski definition) is 4. The highest BCUT2D eigenvalue weighted by Gasteiger charge is 2.05. The highest BCUT2D eigenvalue weighted by atomic mass is 16.5. The topological polar surface area (TPSA) is 64.1 Å². The largest absolute Gasteiger partial charge is 0.449 e. The van der Waals surface area contributed by atoms with E-state index in [1.54, 1.807) is 13.1 Å². The summed E-state index contributed by atoms with van der Waals surface area (Å²) in [6.45, 7) is 6.14. The normalized spacial score (nSPS) is 10.1. The summed E-state index contributed by atoms with van der Waals surface area (Å²) in [7, 11) is 0. The van der Waals surface area contributed by atoms with E-state index in [2.05, 4.69) is 15.3 Å². The molecule has 0 unspecified atom stereocenters. The molecule has 0 fully saturated rings. The molecule has 1 heterocycles. The van der Waals surface area contributed by atoms with Crippen molar-refractivity contribution in [3.63, 3.8) is 0 Å². The zero-order chi connectivity index (χ0) is 11.3. The number of carbonyl (C=O) groups excluding carboxylic acids is 1. The molecule has 0 aromatic carbocycles. The molecular weight excluding hydrogens is 194 g/mol. The lowest BCUT2D eigenvalue weighted by Crippen LogP contribution is -2.17. The van der Waals surface area contributed by atoms with Gasteiger partial charge in [-0.2, -0.15) is 0 Å². The standard InChI is InChI=1S/C10H15N3O2/c1-7(2)6-15-10(14)13-9-5-11-4-8(3)12-9/h4-5,7H,6H2,1-3H3,(H,12,13,14). The summed E-state index contributed by atoms with van der Waals surface area (Å²) < 4.78 is 4.93. The second kappa shape index (κ2) is 5.29. The lowest BCUT2D eigenvalue weighted by atomic mass is 10.2. The second-order valence-corrected chi connectivity index (χ2v) is 3.66. The van der Waals surface area contributed by atoms with Crippen LogP contribution >= 0.6 is 0 Å². The molecule has 82 valence electrons. The minimum Gasteiger partial charge on any atom is -0.449 e. The molecule has 0 spiro atoms. The molecule has 0 saturated heterocycles. The fourth-order valence-electron chi connectivity index (χ4n) is 0.907. The number of amides is 1. The van der Waals surface area contributed by atoms with E-state index in [-0.39, 0.29) is 0 Å². The number of nitrogens with zero attached hydrogens (tertiary/aromatic N) is 2. The third-order valence-corrected chi connectivity index (χ3v) is 1.53. The van der Waals surface area contributed by atoms with Crippen LogP contribution in [-0.4, -0.2) is 22.7 Å². The quantitative estimate of drug-likeness (QED) is 0.826. The van der Waals surface area contributed by atoms with Crippen LogP contribution in [0.4, 0.5) is 10.6 Å². The van der Waals surface area contributed by atoms with Crippen molar-refractivity contribution in [1.82, 2.24) is 9.97 Å². The number of aryl methyl sites for hydroxylation is 1. The van der Waals surface area contributed by atoms with Gasteiger partial charge in [-0.25, -0.2) is 9.78 Å². The molecule has 0 radical (unpaired) electrons. The fraction of sp³-hybridized carbons (Fsp3) is 0.500. The van der Waals surface area contributed by atoms with Crippen molar-refractivity contribution < 1.29 is 9.53 Å². The van der Waals surface area contributed by atoms with Gasteiger partial charge in [-0.15, -0.1) is 0 Å². The second-order valence-electron chi connectivity index (χ2n) is 3.66. The van der Waals surface area contributed by atoms with Crippen LogP contribution in [0.1, 0.15) is 19.5 Å². The lowest BCUT2D eigenvalue weighted by Gasteiger charge is -2.07. The van der Waals surface area contributed by atoms with E-state index in [1.165, 1.54) is 6.20 Å². The van der Waals surface area contributed by atoms with Gasteiger partial charge >= 0.3 is 6.09 Å². The Hall–Kier alpha value is -1.65. The number of nitrogens with one attached hydrogen (secondary N) is 1. The first-order chi connectivity index (χ1) is 7.08. The van der Waals surface area contributed by atoms with Crippen LogP contribution in [0.15, 0.2) is 12.4 Å². The SMILES string of the molecule is Cc1cncc(NC(=O)OCC(C)C)n1. The van der Waals surface area contributed by atoms with Crippen molar-refractivity contribution in [2.75, 3.05) is 11.9 Å². The summed E-state index contributed by atoms with van der Waals surface area (Å²) in [4.78, 5) is 19.2. The van der Waals surface area contributed by atoms with Gasteiger partial charge in [-0.1, -0.05) is 13.8 Å². The molecule has 0 aliphatic heterocycles. The summed E-state index contributed by atoms with van der Waals surface area (Å²) in [5.74, 6) is 0.725. The van der Waals surface area contributed by atoms with E-state index >= 15 is 0 Å². The first kappa shape index (κ1) is 11.4. The van der Waals surface area contributed by atoms with E-state index in [1.807, 2.05) is 13.8 Å². The fourth-order valence-corrected chi connectivity index (χ4v) is 0.907. The molecule has 1 aromatic rings. The molecule has 1 aromatic heterocycles. The van der Waals surface area contributed by atoms with Crippen molar-refractivity contribution in [1.29, 1.82) is 0 Å². The number of hydrogen-bond donors (Lipinski definition) is 1. The zero-order valence-corrected chi connectivity index (χ0v) is 9.15. The molecule has 1 amide bonds. The third-order valence-electron chi connectivity index (χ3n) is 1.53. The number of rotatable bonds is 3. The van der Waals surface area contributed by atoms with Crippen LogP contribution in [0.25, 0.3) is 0 Å². The first-order valence-corrected chi connectivity index (χ1v) is 4.80. The Balaban J connectivity index is 2.44. The van der Waals surface area contributed by atoms with Gasteiger partial charge in [-0.05, 0) is 12.8 Å². The Bertz CT molecular complexity index is 339. The van der Waals surface area contributed by atoms with Crippen molar-refractivity contribution in [3.8, 4) is 0 Å². The van der Waals surface area contributed by atoms with E-state index in [4.69, 9.17) is 4.74 Å². The van der Waals surface area contributed by atoms with Crippen molar-refractivity contribution in [3.05, 3.63) is 18.1 Å². The van der Waals surface area contributed by atoms with Gasteiger partial charge in [0.25, 0.3) is 0 Å². The predicted molar refractivity (Wildman–Crippen MR) is 56.6 cm³/mol. The number of aromatic nitrogens is 2. The van der Waals surface area contributed by atoms with Crippen LogP contribution in [-0.2, 0) is 4.74 Å². The van der Waals surface area contributed by atoms with Crippen LogP contribution in [0.2, 0.25) is 0 Å². The van der Waals surface area contributed by atoms with Gasteiger partial charge in [0.05, 0.1) is 18.5 Å². The molecule has 15 heavy (non-hydrogen) atoms. The van der Waals surface area contributed by atoms with Gasteiger partial charge in [0, 0.05) is 6.20 Å². The van der Waals surface area contributed by atoms with E-state index in [0.29, 0.717) is 18.3 Å². The van der Waals surface area contributed by atoms with Gasteiger partial charge in [-0.3, -0.25) is 10.3 Å². The Morgan fingerprint density at radius 1 is 1.53 bits per heavy atom. The van der Waals surface area contributed by atoms with Crippen LogP contribution in [0.5, 0.6) is 0 Å². The molecule has 1 N–H and O–H groups in total. The maximum atomic E-state index is 11.2. The predicted octanol–water partition coefficient (Wildman–Crippen LogP) is 1.99. The molecule has 0 aliphatic carbocycles. The maximum Gasteiger partial charge on any atom is 0.412 e. The van der Waals surface area contributed by atoms with Crippen molar-refractivity contribution >= 4 is 11.9 Å². The van der Waals surface area contributed by atoms with Crippen molar-refractivity contribution in [2.24, 2.45) is 5.92 Å². The summed E-state index contributed by atoms with van der Waals surface area (Å²) in [5, 5.41) is 2.50. The third kappa shape index (κ3) is 4.39. The molecule has 5 nitrogen and oxygen atoms in total. The Morgan fingerprint density at radius 3 is 2.87 bits per heavy atom. The summed E-state index contributed by atoms with van der Waals surface area (Å²) in [6.07, 6.45) is 2.59. The molecular formula is C10H15N3O2. The van der Waals surface area contributed by atoms with Gasteiger partial charge in [0.15, 0.2) is 5.82 Å². The first-order valence-electron chi connectivity index (χ1n) is 4.80. The van der Waals surface area contributed by atoms with Crippen LogP contribution in [0, 0.1) is 12.8 Å².